The number of benzene rings is 1. The normalized spacial score (nSPS) is 16.3. The molecule has 1 heterocycles. The van der Waals surface area contributed by atoms with Crippen LogP contribution in [0.4, 0.5) is 0 Å². The molecule has 0 saturated heterocycles. The van der Waals surface area contributed by atoms with Gasteiger partial charge in [-0.25, -0.2) is 0 Å². The van der Waals surface area contributed by atoms with Crippen LogP contribution in [0.1, 0.15) is 30.1 Å². The Morgan fingerprint density at radius 1 is 1.45 bits per heavy atom. The Hall–Kier alpha value is -1.27. The number of hydrogen-bond donors (Lipinski definition) is 1. The lowest BCUT2D eigenvalue weighted by molar-refractivity contribution is 0.563. The van der Waals surface area contributed by atoms with Gasteiger partial charge in [-0.1, -0.05) is 28.1 Å². The van der Waals surface area contributed by atoms with E-state index in [9.17, 15) is 0 Å². The Balaban J connectivity index is 1.74. The van der Waals surface area contributed by atoms with Crippen LogP contribution in [0.3, 0.4) is 0 Å². The molecule has 106 valence electrons. The van der Waals surface area contributed by atoms with Gasteiger partial charge < -0.3 is 5.32 Å². The molecule has 1 unspecified atom stereocenters. The number of aryl methyl sites for hydroxylation is 1. The summed E-state index contributed by atoms with van der Waals surface area (Å²) in [5.74, 6) is 1.17. The predicted octanol–water partition coefficient (Wildman–Crippen LogP) is 2.05. The number of nitrogens with one attached hydrogen (secondary N) is 1. The van der Waals surface area contributed by atoms with E-state index in [1.807, 2.05) is 0 Å². The standard InChI is InChI=1S/C14H18BrN5/c1-20-18-14(17-19-20)8-11(9-16-13-5-6-13)10-3-2-4-12(15)7-10/h2-4,7,11,13,16H,5-6,8-9H2,1H3. The fraction of sp³-hybridized carbons (Fsp3) is 0.500. The maximum atomic E-state index is 4.30. The zero-order valence-corrected chi connectivity index (χ0v) is 13.0. The van der Waals surface area contributed by atoms with Gasteiger partial charge in [-0.3, -0.25) is 0 Å². The van der Waals surface area contributed by atoms with E-state index in [2.05, 4.69) is 60.9 Å². The van der Waals surface area contributed by atoms with E-state index in [0.717, 1.165) is 23.3 Å². The van der Waals surface area contributed by atoms with Crippen molar-refractivity contribution in [2.75, 3.05) is 6.54 Å². The van der Waals surface area contributed by atoms with E-state index >= 15 is 0 Å². The first-order valence-corrected chi connectivity index (χ1v) is 7.72. The van der Waals surface area contributed by atoms with Gasteiger partial charge in [0.15, 0.2) is 5.82 Å². The molecule has 20 heavy (non-hydrogen) atoms. The van der Waals surface area contributed by atoms with Gasteiger partial charge in [0.05, 0.1) is 7.05 Å². The first-order chi connectivity index (χ1) is 9.70. The lowest BCUT2D eigenvalue weighted by Crippen LogP contribution is -2.25. The molecule has 1 atom stereocenters. The zero-order valence-electron chi connectivity index (χ0n) is 11.5. The summed E-state index contributed by atoms with van der Waals surface area (Å²) in [6, 6.07) is 9.18. The molecule has 1 saturated carbocycles. The highest BCUT2D eigenvalue weighted by Gasteiger charge is 2.23. The topological polar surface area (TPSA) is 55.6 Å². The average Bonchev–Trinajstić information content (AvgIpc) is 3.17. The second kappa shape index (κ2) is 6.01. The van der Waals surface area contributed by atoms with Gasteiger partial charge in [-0.05, 0) is 35.8 Å². The van der Waals surface area contributed by atoms with Crippen LogP contribution >= 0.6 is 15.9 Å². The largest absolute Gasteiger partial charge is 0.313 e. The Morgan fingerprint density at radius 3 is 2.95 bits per heavy atom. The fourth-order valence-corrected chi connectivity index (χ4v) is 2.71. The number of hydrogen-bond acceptors (Lipinski definition) is 4. The number of rotatable bonds is 6. The monoisotopic (exact) mass is 335 g/mol. The molecule has 1 aromatic heterocycles. The van der Waals surface area contributed by atoms with Crippen LogP contribution in [0.5, 0.6) is 0 Å². The summed E-state index contributed by atoms with van der Waals surface area (Å²) in [6.07, 6.45) is 3.41. The molecule has 0 radical (unpaired) electrons. The van der Waals surface area contributed by atoms with Crippen molar-refractivity contribution in [2.24, 2.45) is 7.05 Å². The third kappa shape index (κ3) is 3.64. The SMILES string of the molecule is Cn1nnc(CC(CNC2CC2)c2cccc(Br)c2)n1. The molecule has 2 aromatic rings. The van der Waals surface area contributed by atoms with Gasteiger partial charge in [0.25, 0.3) is 0 Å². The second-order valence-corrected chi connectivity index (χ2v) is 6.25. The Morgan fingerprint density at radius 2 is 2.30 bits per heavy atom. The van der Waals surface area contributed by atoms with Gasteiger partial charge in [0, 0.05) is 29.4 Å². The first kappa shape index (κ1) is 13.7. The molecule has 1 fully saturated rings. The van der Waals surface area contributed by atoms with Crippen molar-refractivity contribution in [3.05, 3.63) is 40.1 Å². The summed E-state index contributed by atoms with van der Waals surface area (Å²) in [5, 5.41) is 15.9. The molecule has 0 spiro atoms. The van der Waals surface area contributed by atoms with Gasteiger partial charge in [-0.15, -0.1) is 10.2 Å². The molecule has 6 heteroatoms. The summed E-state index contributed by atoms with van der Waals surface area (Å²) in [5.41, 5.74) is 1.31. The van der Waals surface area contributed by atoms with Crippen LogP contribution in [-0.4, -0.2) is 32.8 Å². The highest BCUT2D eigenvalue weighted by molar-refractivity contribution is 9.10. The van der Waals surface area contributed by atoms with Crippen molar-refractivity contribution < 1.29 is 0 Å². The smallest absolute Gasteiger partial charge is 0.175 e. The van der Waals surface area contributed by atoms with Crippen molar-refractivity contribution in [2.45, 2.75) is 31.2 Å². The van der Waals surface area contributed by atoms with Crippen LogP contribution < -0.4 is 5.32 Å². The summed E-state index contributed by atoms with van der Waals surface area (Å²) < 4.78 is 1.11. The molecule has 3 rings (SSSR count). The number of halogens is 1. The fourth-order valence-electron chi connectivity index (χ4n) is 2.29. The van der Waals surface area contributed by atoms with Crippen molar-refractivity contribution in [3.8, 4) is 0 Å². The highest BCUT2D eigenvalue weighted by Crippen LogP contribution is 2.25. The molecular formula is C14H18BrN5. The van der Waals surface area contributed by atoms with E-state index in [1.54, 1.807) is 7.05 Å². The Labute approximate surface area is 126 Å². The average molecular weight is 336 g/mol. The zero-order chi connectivity index (χ0) is 13.9. The van der Waals surface area contributed by atoms with Crippen LogP contribution in [0.15, 0.2) is 28.7 Å². The Kier molecular flexibility index (Phi) is 4.12. The minimum atomic E-state index is 0.372. The predicted molar refractivity (Wildman–Crippen MR) is 80.4 cm³/mol. The van der Waals surface area contributed by atoms with Crippen LogP contribution in [0.2, 0.25) is 0 Å². The molecule has 0 amide bonds. The number of aromatic nitrogens is 4. The molecular weight excluding hydrogens is 318 g/mol. The lowest BCUT2D eigenvalue weighted by atomic mass is 9.95. The van der Waals surface area contributed by atoms with Crippen molar-refractivity contribution in [3.63, 3.8) is 0 Å². The van der Waals surface area contributed by atoms with Crippen molar-refractivity contribution in [1.82, 2.24) is 25.5 Å². The number of tetrazole rings is 1. The quantitative estimate of drug-likeness (QED) is 0.877. The summed E-state index contributed by atoms with van der Waals surface area (Å²) >= 11 is 3.54. The van der Waals surface area contributed by atoms with Crippen LogP contribution in [-0.2, 0) is 13.5 Å². The molecule has 5 nitrogen and oxygen atoms in total. The number of nitrogens with zero attached hydrogens (tertiary/aromatic N) is 4. The maximum absolute atomic E-state index is 4.30. The van der Waals surface area contributed by atoms with Crippen molar-refractivity contribution >= 4 is 15.9 Å². The molecule has 0 bridgehead atoms. The lowest BCUT2D eigenvalue weighted by Gasteiger charge is -2.17. The van der Waals surface area contributed by atoms with Crippen molar-refractivity contribution in [1.29, 1.82) is 0 Å². The van der Waals surface area contributed by atoms with Gasteiger partial charge in [-0.2, -0.15) is 4.80 Å². The molecule has 1 aliphatic rings. The van der Waals surface area contributed by atoms with E-state index in [-0.39, 0.29) is 0 Å². The summed E-state index contributed by atoms with van der Waals surface area (Å²) in [4.78, 5) is 1.52. The molecule has 1 N–H and O–H groups in total. The molecule has 1 aromatic carbocycles. The van der Waals surface area contributed by atoms with E-state index in [4.69, 9.17) is 0 Å². The van der Waals surface area contributed by atoms with Crippen LogP contribution in [0.25, 0.3) is 0 Å². The molecule has 0 aliphatic heterocycles. The van der Waals surface area contributed by atoms with Gasteiger partial charge >= 0.3 is 0 Å². The van der Waals surface area contributed by atoms with E-state index in [1.165, 1.54) is 23.2 Å². The minimum Gasteiger partial charge on any atom is -0.313 e. The maximum Gasteiger partial charge on any atom is 0.175 e. The third-order valence-corrected chi connectivity index (χ3v) is 4.02. The van der Waals surface area contributed by atoms with E-state index in [0.29, 0.717) is 12.0 Å². The van der Waals surface area contributed by atoms with Gasteiger partial charge in [0.1, 0.15) is 0 Å². The molecule has 1 aliphatic carbocycles. The van der Waals surface area contributed by atoms with E-state index < -0.39 is 0 Å². The van der Waals surface area contributed by atoms with Crippen LogP contribution in [0, 0.1) is 0 Å². The third-order valence-electron chi connectivity index (χ3n) is 3.53. The summed E-state index contributed by atoms with van der Waals surface area (Å²) in [7, 11) is 1.80. The Bertz CT molecular complexity index is 578. The summed E-state index contributed by atoms with van der Waals surface area (Å²) in [6.45, 7) is 0.958. The van der Waals surface area contributed by atoms with Gasteiger partial charge in [0.2, 0.25) is 0 Å². The second-order valence-electron chi connectivity index (χ2n) is 5.33. The first-order valence-electron chi connectivity index (χ1n) is 6.92. The minimum absolute atomic E-state index is 0.372. The highest BCUT2D eigenvalue weighted by atomic mass is 79.9.